The molecule has 3 heterocycles. The van der Waals surface area contributed by atoms with Crippen LogP contribution in [0.15, 0.2) is 18.2 Å². The number of piperazine rings is 1. The van der Waals surface area contributed by atoms with Crippen molar-refractivity contribution in [1.29, 1.82) is 0 Å². The highest BCUT2D eigenvalue weighted by Gasteiger charge is 2.30. The molecule has 0 unspecified atom stereocenters. The number of rotatable bonds is 7. The molecule has 5 rings (SSSR count). The van der Waals surface area contributed by atoms with Gasteiger partial charge in [0.05, 0.1) is 18.9 Å². The fourth-order valence-electron chi connectivity index (χ4n) is 5.38. The number of nitrogens with zero attached hydrogens (tertiary/aromatic N) is 3. The zero-order valence-corrected chi connectivity index (χ0v) is 20.1. The van der Waals surface area contributed by atoms with Gasteiger partial charge in [-0.2, -0.15) is 17.4 Å². The third-order valence-electron chi connectivity index (χ3n) is 7.41. The number of hydrogen-bond acceptors (Lipinski definition) is 7. The van der Waals surface area contributed by atoms with Crippen LogP contribution < -0.4 is 19.1 Å². The molecule has 1 aromatic rings. The van der Waals surface area contributed by atoms with E-state index in [-0.39, 0.29) is 6.04 Å². The van der Waals surface area contributed by atoms with E-state index < -0.39 is 10.2 Å². The highest BCUT2D eigenvalue weighted by molar-refractivity contribution is 7.87. The third-order valence-corrected chi connectivity index (χ3v) is 9.09. The van der Waals surface area contributed by atoms with E-state index >= 15 is 0 Å². The SMILES string of the molecule is O=S(=O)(NC1CCC(CCN2CCN(c3cccc4c3OCO4)CC2)CC1)N1CCOCC1. The molecule has 0 aromatic heterocycles. The molecular formula is C23H36N4O5S. The lowest BCUT2D eigenvalue weighted by atomic mass is 9.84. The van der Waals surface area contributed by atoms with Crippen molar-refractivity contribution in [2.24, 2.45) is 5.92 Å². The van der Waals surface area contributed by atoms with E-state index in [1.807, 2.05) is 12.1 Å². The number of hydrogen-bond donors (Lipinski definition) is 1. The Hall–Kier alpha value is -1.59. The largest absolute Gasteiger partial charge is 0.454 e. The number of para-hydroxylation sites is 1. The van der Waals surface area contributed by atoms with Crippen molar-refractivity contribution in [2.75, 3.05) is 70.7 Å². The lowest BCUT2D eigenvalue weighted by Crippen LogP contribution is -2.50. The number of fused-ring (bicyclic) bond motifs is 1. The molecule has 33 heavy (non-hydrogen) atoms. The minimum absolute atomic E-state index is 0.0661. The number of nitrogens with one attached hydrogen (secondary N) is 1. The van der Waals surface area contributed by atoms with Crippen molar-refractivity contribution in [2.45, 2.75) is 38.1 Å². The summed E-state index contributed by atoms with van der Waals surface area (Å²) in [5.74, 6) is 2.42. The second-order valence-corrected chi connectivity index (χ2v) is 11.2. The van der Waals surface area contributed by atoms with Gasteiger partial charge in [-0.3, -0.25) is 4.90 Å². The Kier molecular flexibility index (Phi) is 7.27. The molecule has 3 fully saturated rings. The van der Waals surface area contributed by atoms with Crippen LogP contribution in [-0.4, -0.2) is 89.5 Å². The average molecular weight is 481 g/mol. The van der Waals surface area contributed by atoms with Crippen LogP contribution in [0.25, 0.3) is 0 Å². The van der Waals surface area contributed by atoms with Crippen LogP contribution in [0.4, 0.5) is 5.69 Å². The van der Waals surface area contributed by atoms with Crippen molar-refractivity contribution >= 4 is 15.9 Å². The first-order chi connectivity index (χ1) is 16.1. The van der Waals surface area contributed by atoms with Gasteiger partial charge in [-0.15, -0.1) is 0 Å². The summed E-state index contributed by atoms with van der Waals surface area (Å²) in [4.78, 5) is 4.96. The number of ether oxygens (including phenoxy) is 3. The van der Waals surface area contributed by atoms with E-state index in [4.69, 9.17) is 14.2 Å². The summed E-state index contributed by atoms with van der Waals surface area (Å²) >= 11 is 0. The van der Waals surface area contributed by atoms with Gasteiger partial charge in [0.2, 0.25) is 6.79 Å². The van der Waals surface area contributed by atoms with Gasteiger partial charge in [-0.1, -0.05) is 6.07 Å². The molecule has 1 N–H and O–H groups in total. The highest BCUT2D eigenvalue weighted by Crippen LogP contribution is 2.41. The molecule has 1 aromatic carbocycles. The van der Waals surface area contributed by atoms with Gasteiger partial charge in [-0.25, -0.2) is 0 Å². The Balaban J connectivity index is 1.02. The van der Waals surface area contributed by atoms with Gasteiger partial charge in [0.15, 0.2) is 11.5 Å². The summed E-state index contributed by atoms with van der Waals surface area (Å²) in [6.07, 6.45) is 5.26. The predicted molar refractivity (Wildman–Crippen MR) is 126 cm³/mol. The molecular weight excluding hydrogens is 444 g/mol. The summed E-state index contributed by atoms with van der Waals surface area (Å²) in [5, 5.41) is 0. The summed E-state index contributed by atoms with van der Waals surface area (Å²) < 4.78 is 46.1. The van der Waals surface area contributed by atoms with Crippen LogP contribution in [0, 0.1) is 5.92 Å². The predicted octanol–water partition coefficient (Wildman–Crippen LogP) is 1.65. The molecule has 3 aliphatic heterocycles. The topological polar surface area (TPSA) is 83.6 Å². The van der Waals surface area contributed by atoms with Gasteiger partial charge in [0.25, 0.3) is 10.2 Å². The molecule has 0 amide bonds. The molecule has 1 saturated carbocycles. The van der Waals surface area contributed by atoms with E-state index in [9.17, 15) is 8.42 Å². The fourth-order valence-corrected chi connectivity index (χ4v) is 6.82. The molecule has 0 radical (unpaired) electrons. The van der Waals surface area contributed by atoms with Crippen molar-refractivity contribution < 1.29 is 22.6 Å². The van der Waals surface area contributed by atoms with E-state index in [1.165, 1.54) is 10.7 Å². The Morgan fingerprint density at radius 3 is 2.45 bits per heavy atom. The standard InChI is InChI=1S/C23H36N4O5S/c28-33(29,27-14-16-30-17-15-27)24-20-6-4-19(5-7-20)8-9-25-10-12-26(13-11-25)21-2-1-3-22-23(21)32-18-31-22/h1-3,19-20,24H,4-18H2. The molecule has 0 bridgehead atoms. The van der Waals surface area contributed by atoms with Crippen molar-refractivity contribution in [3.05, 3.63) is 18.2 Å². The molecule has 2 saturated heterocycles. The maximum Gasteiger partial charge on any atom is 0.279 e. The van der Waals surface area contributed by atoms with Gasteiger partial charge in [0.1, 0.15) is 0 Å². The molecule has 4 aliphatic rings. The van der Waals surface area contributed by atoms with E-state index in [2.05, 4.69) is 20.6 Å². The average Bonchev–Trinajstić information content (AvgIpc) is 3.34. The highest BCUT2D eigenvalue weighted by atomic mass is 32.2. The summed E-state index contributed by atoms with van der Waals surface area (Å²) in [6, 6.07) is 6.18. The summed E-state index contributed by atoms with van der Waals surface area (Å²) in [6.45, 7) is 7.40. The number of benzene rings is 1. The maximum absolute atomic E-state index is 12.6. The van der Waals surface area contributed by atoms with Crippen LogP contribution in [-0.2, 0) is 14.9 Å². The molecule has 9 nitrogen and oxygen atoms in total. The smallest absolute Gasteiger partial charge is 0.279 e. The monoisotopic (exact) mass is 480 g/mol. The normalized spacial score (nSPS) is 27.1. The molecule has 1 aliphatic carbocycles. The molecule has 0 atom stereocenters. The lowest BCUT2D eigenvalue weighted by Gasteiger charge is -2.37. The Labute approximate surface area is 197 Å². The maximum atomic E-state index is 12.6. The van der Waals surface area contributed by atoms with Crippen LogP contribution in [0.2, 0.25) is 0 Å². The Morgan fingerprint density at radius 2 is 1.70 bits per heavy atom. The molecule has 10 heteroatoms. The minimum atomic E-state index is -3.39. The molecule has 0 spiro atoms. The fraction of sp³-hybridized carbons (Fsp3) is 0.739. The third kappa shape index (κ3) is 5.57. The van der Waals surface area contributed by atoms with Gasteiger partial charge in [0, 0.05) is 45.3 Å². The zero-order chi connectivity index (χ0) is 22.7. The number of morpholine rings is 1. The van der Waals surface area contributed by atoms with E-state index in [1.54, 1.807) is 0 Å². The number of anilines is 1. The summed E-state index contributed by atoms with van der Waals surface area (Å²) in [5.41, 5.74) is 1.14. The zero-order valence-electron chi connectivity index (χ0n) is 19.3. The van der Waals surface area contributed by atoms with Gasteiger partial charge < -0.3 is 19.1 Å². The van der Waals surface area contributed by atoms with Crippen LogP contribution in [0.1, 0.15) is 32.1 Å². The van der Waals surface area contributed by atoms with Gasteiger partial charge >= 0.3 is 0 Å². The van der Waals surface area contributed by atoms with Crippen molar-refractivity contribution in [1.82, 2.24) is 13.9 Å². The first-order valence-electron chi connectivity index (χ1n) is 12.3. The Bertz CT molecular complexity index is 892. The second-order valence-electron chi connectivity index (χ2n) is 9.48. The van der Waals surface area contributed by atoms with Crippen LogP contribution in [0.3, 0.4) is 0 Å². The first-order valence-corrected chi connectivity index (χ1v) is 13.7. The van der Waals surface area contributed by atoms with E-state index in [0.717, 1.165) is 75.6 Å². The summed E-state index contributed by atoms with van der Waals surface area (Å²) in [7, 11) is -3.39. The lowest BCUT2D eigenvalue weighted by molar-refractivity contribution is 0.0721. The van der Waals surface area contributed by atoms with Crippen LogP contribution >= 0.6 is 0 Å². The minimum Gasteiger partial charge on any atom is -0.454 e. The Morgan fingerprint density at radius 1 is 0.939 bits per heavy atom. The quantitative estimate of drug-likeness (QED) is 0.635. The molecule has 184 valence electrons. The second kappa shape index (κ2) is 10.4. The van der Waals surface area contributed by atoms with Gasteiger partial charge in [-0.05, 0) is 56.7 Å². The van der Waals surface area contributed by atoms with Crippen molar-refractivity contribution in [3.63, 3.8) is 0 Å². The van der Waals surface area contributed by atoms with Crippen LogP contribution in [0.5, 0.6) is 11.5 Å². The van der Waals surface area contributed by atoms with E-state index in [0.29, 0.717) is 39.0 Å². The first kappa shape index (κ1) is 23.2. The van der Waals surface area contributed by atoms with Crippen molar-refractivity contribution in [3.8, 4) is 11.5 Å².